The number of carbonyl (C=O) groups is 2. The predicted octanol–water partition coefficient (Wildman–Crippen LogP) is 2.69. The number of thiophene rings is 1. The monoisotopic (exact) mass is 368 g/mol. The number of hydrogen-bond acceptors (Lipinski definition) is 6. The van der Waals surface area contributed by atoms with Gasteiger partial charge in [-0.25, -0.2) is 9.59 Å². The molecule has 2 amide bonds. The van der Waals surface area contributed by atoms with E-state index in [4.69, 9.17) is 14.2 Å². The molecule has 7 nitrogen and oxygen atoms in total. The maximum Gasteiger partial charge on any atom is 0.341 e. The largest absolute Gasteiger partial charge is 0.465 e. The van der Waals surface area contributed by atoms with Crippen molar-refractivity contribution in [3.05, 3.63) is 16.0 Å². The average molecular weight is 368 g/mol. The molecule has 0 saturated carbocycles. The second-order valence-electron chi connectivity index (χ2n) is 6.89. The van der Waals surface area contributed by atoms with Crippen molar-refractivity contribution in [3.63, 3.8) is 0 Å². The van der Waals surface area contributed by atoms with E-state index < -0.39 is 5.97 Å². The number of esters is 1. The third-order valence-corrected chi connectivity index (χ3v) is 5.54. The Bertz CT molecular complexity index is 664. The van der Waals surface area contributed by atoms with Gasteiger partial charge in [0.15, 0.2) is 0 Å². The predicted molar refractivity (Wildman–Crippen MR) is 94.2 cm³/mol. The molecule has 0 aliphatic carbocycles. The highest BCUT2D eigenvalue weighted by Crippen LogP contribution is 2.40. The van der Waals surface area contributed by atoms with Gasteiger partial charge in [0.2, 0.25) is 0 Å². The molecule has 138 valence electrons. The Kier molecular flexibility index (Phi) is 5.31. The number of amides is 2. The van der Waals surface area contributed by atoms with Gasteiger partial charge in [0, 0.05) is 24.4 Å². The Morgan fingerprint density at radius 3 is 2.88 bits per heavy atom. The fourth-order valence-corrected chi connectivity index (χ4v) is 4.23. The van der Waals surface area contributed by atoms with Crippen LogP contribution in [0.25, 0.3) is 0 Å². The molecule has 8 heteroatoms. The number of methoxy groups -OCH3 is 1. The molecule has 3 heterocycles. The first-order chi connectivity index (χ1) is 11.9. The molecule has 1 fully saturated rings. The zero-order chi connectivity index (χ0) is 18.0. The molecule has 2 N–H and O–H groups in total. The Morgan fingerprint density at radius 2 is 2.20 bits per heavy atom. The Hall–Kier alpha value is -1.64. The van der Waals surface area contributed by atoms with E-state index in [0.29, 0.717) is 30.1 Å². The summed E-state index contributed by atoms with van der Waals surface area (Å²) in [6.45, 7) is 5.59. The number of ether oxygens (including phenoxy) is 3. The van der Waals surface area contributed by atoms with Crippen LogP contribution in [0, 0.1) is 0 Å². The minimum atomic E-state index is -0.440. The molecule has 1 aromatic rings. The van der Waals surface area contributed by atoms with Crippen molar-refractivity contribution in [2.45, 2.75) is 51.4 Å². The van der Waals surface area contributed by atoms with Crippen LogP contribution >= 0.6 is 11.3 Å². The number of carbonyl (C=O) groups excluding carboxylic acids is 2. The van der Waals surface area contributed by atoms with E-state index in [9.17, 15) is 9.59 Å². The smallest absolute Gasteiger partial charge is 0.341 e. The summed E-state index contributed by atoms with van der Waals surface area (Å²) in [6.07, 6.45) is 2.64. The highest BCUT2D eigenvalue weighted by molar-refractivity contribution is 7.17. The summed E-state index contributed by atoms with van der Waals surface area (Å²) in [6, 6.07) is -0.348. The van der Waals surface area contributed by atoms with Gasteiger partial charge in [0.1, 0.15) is 5.00 Å². The lowest BCUT2D eigenvalue weighted by Gasteiger charge is -2.30. The maximum absolute atomic E-state index is 12.3. The summed E-state index contributed by atoms with van der Waals surface area (Å²) >= 11 is 1.36. The SMILES string of the molecule is COC(=O)c1c(NC(=O)NC[C@@H]2CCCO2)sc2c1CC(C)(C)OC2. The molecular weight excluding hydrogens is 344 g/mol. The molecule has 2 aliphatic rings. The van der Waals surface area contributed by atoms with E-state index in [2.05, 4.69) is 10.6 Å². The van der Waals surface area contributed by atoms with Gasteiger partial charge >= 0.3 is 12.0 Å². The topological polar surface area (TPSA) is 85.9 Å². The van der Waals surface area contributed by atoms with E-state index >= 15 is 0 Å². The van der Waals surface area contributed by atoms with Crippen molar-refractivity contribution < 1.29 is 23.8 Å². The molecule has 0 aromatic carbocycles. The van der Waals surface area contributed by atoms with Gasteiger partial charge < -0.3 is 19.5 Å². The standard InChI is InChI=1S/C17H24N2O5S/c1-17(2)7-11-12(9-24-17)25-14(13(11)15(20)22-3)19-16(21)18-8-10-5-4-6-23-10/h10H,4-9H2,1-3H3,(H2,18,19,21)/t10-/m0/s1. The van der Waals surface area contributed by atoms with Crippen LogP contribution in [0.1, 0.15) is 47.5 Å². The molecule has 0 spiro atoms. The summed E-state index contributed by atoms with van der Waals surface area (Å²) in [5.41, 5.74) is 0.990. The highest BCUT2D eigenvalue weighted by Gasteiger charge is 2.34. The fourth-order valence-electron chi connectivity index (χ4n) is 3.12. The zero-order valence-corrected chi connectivity index (χ0v) is 15.6. The number of fused-ring (bicyclic) bond motifs is 1. The van der Waals surface area contributed by atoms with Gasteiger partial charge in [-0.2, -0.15) is 0 Å². The molecule has 1 aromatic heterocycles. The van der Waals surface area contributed by atoms with Crippen LogP contribution in [0.2, 0.25) is 0 Å². The second-order valence-corrected chi connectivity index (χ2v) is 8.00. The van der Waals surface area contributed by atoms with Crippen LogP contribution in [0.15, 0.2) is 0 Å². The van der Waals surface area contributed by atoms with Gasteiger partial charge in [-0.3, -0.25) is 5.32 Å². The van der Waals surface area contributed by atoms with Crippen molar-refractivity contribution in [3.8, 4) is 0 Å². The zero-order valence-electron chi connectivity index (χ0n) is 14.8. The average Bonchev–Trinajstić information content (AvgIpc) is 3.18. The summed E-state index contributed by atoms with van der Waals surface area (Å²) in [4.78, 5) is 25.4. The molecule has 0 radical (unpaired) electrons. The minimum Gasteiger partial charge on any atom is -0.465 e. The first-order valence-corrected chi connectivity index (χ1v) is 9.24. The number of anilines is 1. The summed E-state index contributed by atoms with van der Waals surface area (Å²) in [5.74, 6) is -0.440. The fraction of sp³-hybridized carbons (Fsp3) is 0.647. The first-order valence-electron chi connectivity index (χ1n) is 8.43. The van der Waals surface area contributed by atoms with Crippen molar-refractivity contribution in [2.75, 3.05) is 25.6 Å². The van der Waals surface area contributed by atoms with Gasteiger partial charge in [-0.05, 0) is 32.3 Å². The van der Waals surface area contributed by atoms with E-state index in [1.807, 2.05) is 13.8 Å². The Morgan fingerprint density at radius 1 is 1.40 bits per heavy atom. The molecule has 0 unspecified atom stereocenters. The molecule has 1 atom stereocenters. The van der Waals surface area contributed by atoms with E-state index in [1.165, 1.54) is 18.4 Å². The second kappa shape index (κ2) is 7.31. The molecule has 3 rings (SSSR count). The van der Waals surface area contributed by atoms with Crippen LogP contribution in [0.4, 0.5) is 9.80 Å². The Balaban J connectivity index is 1.75. The van der Waals surface area contributed by atoms with Gasteiger partial charge in [-0.15, -0.1) is 11.3 Å². The minimum absolute atomic E-state index is 0.0663. The molecular formula is C17H24N2O5S. The number of rotatable bonds is 4. The van der Waals surface area contributed by atoms with Gasteiger partial charge in [0.25, 0.3) is 0 Å². The van der Waals surface area contributed by atoms with E-state index in [-0.39, 0.29) is 17.7 Å². The highest BCUT2D eigenvalue weighted by atomic mass is 32.1. The molecule has 1 saturated heterocycles. The number of nitrogens with one attached hydrogen (secondary N) is 2. The summed E-state index contributed by atoms with van der Waals surface area (Å²) in [5, 5.41) is 6.10. The van der Waals surface area contributed by atoms with Crippen LogP contribution in [0.3, 0.4) is 0 Å². The maximum atomic E-state index is 12.3. The van der Waals surface area contributed by atoms with Crippen LogP contribution < -0.4 is 10.6 Å². The van der Waals surface area contributed by atoms with Gasteiger partial charge in [-0.1, -0.05) is 0 Å². The third-order valence-electron chi connectivity index (χ3n) is 4.42. The van der Waals surface area contributed by atoms with E-state index in [1.54, 1.807) is 0 Å². The van der Waals surface area contributed by atoms with Crippen LogP contribution in [-0.2, 0) is 27.2 Å². The lowest BCUT2D eigenvalue weighted by Crippen LogP contribution is -2.35. The van der Waals surface area contributed by atoms with Crippen molar-refractivity contribution in [1.29, 1.82) is 0 Å². The van der Waals surface area contributed by atoms with Gasteiger partial charge in [0.05, 0.1) is 31.0 Å². The van der Waals surface area contributed by atoms with Crippen molar-refractivity contribution >= 4 is 28.3 Å². The third kappa shape index (κ3) is 4.13. The lowest BCUT2D eigenvalue weighted by molar-refractivity contribution is -0.0384. The molecule has 0 bridgehead atoms. The van der Waals surface area contributed by atoms with Crippen LogP contribution in [0.5, 0.6) is 0 Å². The summed E-state index contributed by atoms with van der Waals surface area (Å²) in [7, 11) is 1.35. The number of hydrogen-bond donors (Lipinski definition) is 2. The van der Waals surface area contributed by atoms with Crippen molar-refractivity contribution in [1.82, 2.24) is 5.32 Å². The molecule has 25 heavy (non-hydrogen) atoms. The first kappa shape index (κ1) is 18.2. The normalized spacial score (nSPS) is 21.5. The number of urea groups is 1. The Labute approximate surface area is 151 Å². The quantitative estimate of drug-likeness (QED) is 0.798. The lowest BCUT2D eigenvalue weighted by atomic mass is 9.93. The van der Waals surface area contributed by atoms with Crippen molar-refractivity contribution in [2.24, 2.45) is 0 Å². The van der Waals surface area contributed by atoms with E-state index in [0.717, 1.165) is 29.9 Å². The molecule has 2 aliphatic heterocycles. The van der Waals surface area contributed by atoms with Crippen LogP contribution in [-0.4, -0.2) is 44.0 Å². The summed E-state index contributed by atoms with van der Waals surface area (Å²) < 4.78 is 16.2.